The minimum Gasteiger partial charge on any atom is -0.369 e. The molecule has 0 saturated carbocycles. The minimum atomic E-state index is -3.04. The number of sulfone groups is 1. The molecule has 26 heavy (non-hydrogen) atoms. The summed E-state index contributed by atoms with van der Waals surface area (Å²) in [5, 5.41) is 7.96. The summed E-state index contributed by atoms with van der Waals surface area (Å²) in [5.41, 5.74) is 5.10. The lowest BCUT2D eigenvalue weighted by atomic mass is 10.2. The third-order valence-electron chi connectivity index (χ3n) is 3.77. The Morgan fingerprint density at radius 1 is 1.27 bits per heavy atom. The first-order valence-corrected chi connectivity index (χ1v) is 12.8. The molecule has 2 heterocycles. The maximum Gasteiger partial charge on any atom is 0.233 e. The summed E-state index contributed by atoms with van der Waals surface area (Å²) in [7, 11) is -3.04. The molecule has 1 saturated heterocycles. The van der Waals surface area contributed by atoms with Crippen molar-refractivity contribution >= 4 is 56.5 Å². The Bertz CT molecular complexity index is 737. The first-order valence-electron chi connectivity index (χ1n) is 8.18. The zero-order valence-electron chi connectivity index (χ0n) is 14.4. The second kappa shape index (κ2) is 9.90. The first kappa shape index (κ1) is 21.5. The van der Waals surface area contributed by atoms with E-state index in [2.05, 4.69) is 10.2 Å². The molecule has 8 nitrogen and oxygen atoms in total. The van der Waals surface area contributed by atoms with E-state index in [9.17, 15) is 18.0 Å². The van der Waals surface area contributed by atoms with Crippen molar-refractivity contribution in [3.8, 4) is 0 Å². The fourth-order valence-electron chi connectivity index (χ4n) is 2.51. The van der Waals surface area contributed by atoms with Crippen LogP contribution in [0.4, 0.5) is 0 Å². The molecule has 0 aliphatic carbocycles. The average molecular weight is 439 g/mol. The first-order chi connectivity index (χ1) is 12.3. The monoisotopic (exact) mass is 438 g/mol. The molecular weight excluding hydrogens is 416 g/mol. The van der Waals surface area contributed by atoms with Crippen molar-refractivity contribution in [3.63, 3.8) is 0 Å². The highest BCUT2D eigenvalue weighted by molar-refractivity contribution is 8.03. The summed E-state index contributed by atoms with van der Waals surface area (Å²) in [5.74, 6) is 0.0335. The largest absolute Gasteiger partial charge is 0.369 e. The van der Waals surface area contributed by atoms with Crippen molar-refractivity contribution in [2.75, 3.05) is 29.6 Å². The smallest absolute Gasteiger partial charge is 0.233 e. The minimum absolute atomic E-state index is 0.0554. The van der Waals surface area contributed by atoms with Gasteiger partial charge in [0.15, 0.2) is 18.5 Å². The van der Waals surface area contributed by atoms with E-state index in [1.807, 2.05) is 6.92 Å². The number of carbonyl (C=O) groups is 2. The second-order valence-corrected chi connectivity index (χ2v) is 11.5. The zero-order chi connectivity index (χ0) is 19.2. The molecule has 1 atom stereocenters. The summed E-state index contributed by atoms with van der Waals surface area (Å²) in [6.45, 7) is 2.61. The van der Waals surface area contributed by atoms with Crippen LogP contribution in [0.2, 0.25) is 0 Å². The average Bonchev–Trinajstić information content (AvgIpc) is 3.17. The van der Waals surface area contributed by atoms with Crippen molar-refractivity contribution in [1.29, 1.82) is 0 Å². The number of nitrogens with two attached hydrogens (primary N) is 1. The molecule has 0 bridgehead atoms. The molecule has 12 heteroatoms. The quantitative estimate of drug-likeness (QED) is 0.537. The summed E-state index contributed by atoms with van der Waals surface area (Å²) in [4.78, 5) is 25.1. The number of thioether (sulfide) groups is 2. The van der Waals surface area contributed by atoms with E-state index >= 15 is 0 Å². The van der Waals surface area contributed by atoms with Gasteiger partial charge in [-0.05, 0) is 12.8 Å². The third kappa shape index (κ3) is 6.71. The molecule has 146 valence electrons. The molecular formula is C14H22N4O4S4. The third-order valence-corrected chi connectivity index (χ3v) is 8.71. The van der Waals surface area contributed by atoms with Gasteiger partial charge in [-0.15, -0.1) is 10.2 Å². The van der Waals surface area contributed by atoms with Crippen molar-refractivity contribution in [3.05, 3.63) is 0 Å². The Morgan fingerprint density at radius 3 is 2.46 bits per heavy atom. The van der Waals surface area contributed by atoms with Crippen LogP contribution >= 0.6 is 34.9 Å². The van der Waals surface area contributed by atoms with Crippen LogP contribution in [-0.4, -0.2) is 70.9 Å². The number of primary amides is 1. The SMILES string of the molecule is CCCCN(C(=O)CSc1nnc(SCC(N)=O)s1)C1CCS(=O)(=O)C1. The van der Waals surface area contributed by atoms with Crippen molar-refractivity contribution < 1.29 is 18.0 Å². The van der Waals surface area contributed by atoms with Gasteiger partial charge in [-0.2, -0.15) is 0 Å². The highest BCUT2D eigenvalue weighted by atomic mass is 32.2. The van der Waals surface area contributed by atoms with E-state index in [1.165, 1.54) is 34.9 Å². The van der Waals surface area contributed by atoms with Crippen molar-refractivity contribution in [2.45, 2.75) is 40.9 Å². The Labute approximate surface area is 165 Å². The normalized spacial score (nSPS) is 18.7. The number of carbonyl (C=O) groups excluding carboxylic acids is 2. The lowest BCUT2D eigenvalue weighted by molar-refractivity contribution is -0.130. The molecule has 2 amide bonds. The van der Waals surface area contributed by atoms with E-state index in [0.29, 0.717) is 21.6 Å². The van der Waals surface area contributed by atoms with Crippen LogP contribution in [-0.2, 0) is 19.4 Å². The van der Waals surface area contributed by atoms with Crippen molar-refractivity contribution in [1.82, 2.24) is 15.1 Å². The fourth-order valence-corrected chi connectivity index (χ4v) is 6.89. The van der Waals surface area contributed by atoms with Crippen LogP contribution in [0.25, 0.3) is 0 Å². The molecule has 2 N–H and O–H groups in total. The van der Waals surface area contributed by atoms with Crippen LogP contribution < -0.4 is 5.73 Å². The lowest BCUT2D eigenvalue weighted by Crippen LogP contribution is -2.42. The molecule has 1 aliphatic heterocycles. The molecule has 2 rings (SSSR count). The molecule has 1 fully saturated rings. The van der Waals surface area contributed by atoms with Gasteiger partial charge in [0.05, 0.1) is 23.0 Å². The number of hydrogen-bond acceptors (Lipinski definition) is 9. The zero-order valence-corrected chi connectivity index (χ0v) is 17.7. The van der Waals surface area contributed by atoms with E-state index in [4.69, 9.17) is 5.73 Å². The predicted octanol–water partition coefficient (Wildman–Crippen LogP) is 1.02. The lowest BCUT2D eigenvalue weighted by Gasteiger charge is -2.28. The molecule has 0 spiro atoms. The van der Waals surface area contributed by atoms with Gasteiger partial charge in [-0.25, -0.2) is 8.42 Å². The fraction of sp³-hybridized carbons (Fsp3) is 0.714. The van der Waals surface area contributed by atoms with Crippen LogP contribution in [0.5, 0.6) is 0 Å². The second-order valence-electron chi connectivity index (χ2n) is 5.88. The van der Waals surface area contributed by atoms with Crippen LogP contribution in [0.3, 0.4) is 0 Å². The number of rotatable bonds is 10. The highest BCUT2D eigenvalue weighted by Crippen LogP contribution is 2.29. The van der Waals surface area contributed by atoms with Gasteiger partial charge in [-0.3, -0.25) is 9.59 Å². The van der Waals surface area contributed by atoms with Crippen LogP contribution in [0.1, 0.15) is 26.2 Å². The molecule has 1 unspecified atom stereocenters. The summed E-state index contributed by atoms with van der Waals surface area (Å²) in [6.07, 6.45) is 2.29. The van der Waals surface area contributed by atoms with Crippen LogP contribution in [0, 0.1) is 0 Å². The van der Waals surface area contributed by atoms with Gasteiger partial charge < -0.3 is 10.6 Å². The Hall–Kier alpha value is -0.850. The topological polar surface area (TPSA) is 123 Å². The van der Waals surface area contributed by atoms with E-state index in [0.717, 1.165) is 12.8 Å². The summed E-state index contributed by atoms with van der Waals surface area (Å²) in [6, 6.07) is -0.226. The Kier molecular flexibility index (Phi) is 8.17. The Balaban J connectivity index is 1.91. The summed E-state index contributed by atoms with van der Waals surface area (Å²) < 4.78 is 24.7. The number of amides is 2. The Morgan fingerprint density at radius 2 is 1.92 bits per heavy atom. The van der Waals surface area contributed by atoms with E-state index in [1.54, 1.807) is 4.90 Å². The molecule has 0 radical (unpaired) electrons. The van der Waals surface area contributed by atoms with Crippen LogP contribution in [0.15, 0.2) is 8.68 Å². The molecule has 1 aromatic rings. The van der Waals surface area contributed by atoms with Gasteiger partial charge >= 0.3 is 0 Å². The maximum absolute atomic E-state index is 12.6. The maximum atomic E-state index is 12.6. The summed E-state index contributed by atoms with van der Waals surface area (Å²) >= 11 is 3.80. The molecule has 1 aromatic heterocycles. The van der Waals surface area contributed by atoms with Crippen molar-refractivity contribution in [2.24, 2.45) is 5.73 Å². The number of hydrogen-bond donors (Lipinski definition) is 1. The van der Waals surface area contributed by atoms with Gasteiger partial charge in [0.1, 0.15) is 0 Å². The predicted molar refractivity (Wildman–Crippen MR) is 104 cm³/mol. The van der Waals surface area contributed by atoms with E-state index in [-0.39, 0.29) is 35.0 Å². The molecule has 1 aliphatic rings. The van der Waals surface area contributed by atoms with E-state index < -0.39 is 15.7 Å². The van der Waals surface area contributed by atoms with Gasteiger partial charge in [0.25, 0.3) is 0 Å². The van der Waals surface area contributed by atoms with Gasteiger partial charge in [-0.1, -0.05) is 48.2 Å². The standard InChI is InChI=1S/C14H22N4O4S4/c1-2-3-5-18(10-4-6-26(21,22)9-10)12(20)8-24-14-17-16-13(25-14)23-7-11(15)19/h10H,2-9H2,1H3,(H2,15,19). The number of unbranched alkanes of at least 4 members (excludes halogenated alkanes) is 1. The number of nitrogens with zero attached hydrogens (tertiary/aromatic N) is 3. The molecule has 0 aromatic carbocycles. The highest BCUT2D eigenvalue weighted by Gasteiger charge is 2.34. The van der Waals surface area contributed by atoms with Gasteiger partial charge in [0.2, 0.25) is 11.8 Å². The number of aromatic nitrogens is 2. The van der Waals surface area contributed by atoms with Gasteiger partial charge in [0, 0.05) is 12.6 Å².